The Morgan fingerprint density at radius 2 is 1.89 bits per heavy atom. The SMILES string of the molecule is COc1ccccc1-c1ccc(=O)n(CC(=O)Nc2cccc(Cl)c2Cl)n1. The summed E-state index contributed by atoms with van der Waals surface area (Å²) in [5.41, 5.74) is 1.19. The Labute approximate surface area is 165 Å². The fourth-order valence-corrected chi connectivity index (χ4v) is 2.84. The van der Waals surface area contributed by atoms with Gasteiger partial charge in [-0.05, 0) is 30.3 Å². The Morgan fingerprint density at radius 1 is 1.11 bits per heavy atom. The molecular weight excluding hydrogens is 389 g/mol. The van der Waals surface area contributed by atoms with Gasteiger partial charge in [0, 0.05) is 11.6 Å². The fraction of sp³-hybridized carbons (Fsp3) is 0.105. The van der Waals surface area contributed by atoms with Gasteiger partial charge in [0.05, 0.1) is 28.5 Å². The van der Waals surface area contributed by atoms with Crippen LogP contribution in [0.3, 0.4) is 0 Å². The summed E-state index contributed by atoms with van der Waals surface area (Å²) in [4.78, 5) is 24.4. The highest BCUT2D eigenvalue weighted by Crippen LogP contribution is 2.29. The Morgan fingerprint density at radius 3 is 2.67 bits per heavy atom. The predicted molar refractivity (Wildman–Crippen MR) is 106 cm³/mol. The Kier molecular flexibility index (Phi) is 5.78. The van der Waals surface area contributed by atoms with Gasteiger partial charge in [-0.1, -0.05) is 41.4 Å². The molecule has 0 bridgehead atoms. The van der Waals surface area contributed by atoms with Crippen molar-refractivity contribution in [3.05, 3.63) is 75.0 Å². The molecule has 1 N–H and O–H groups in total. The van der Waals surface area contributed by atoms with Crippen LogP contribution in [0.2, 0.25) is 10.0 Å². The number of anilines is 1. The molecule has 6 nitrogen and oxygen atoms in total. The molecule has 27 heavy (non-hydrogen) atoms. The van der Waals surface area contributed by atoms with Crippen molar-refractivity contribution in [1.29, 1.82) is 0 Å². The number of nitrogens with one attached hydrogen (secondary N) is 1. The van der Waals surface area contributed by atoms with Gasteiger partial charge in [0.2, 0.25) is 5.91 Å². The normalized spacial score (nSPS) is 10.5. The molecule has 3 aromatic rings. The highest BCUT2D eigenvalue weighted by Gasteiger charge is 2.12. The monoisotopic (exact) mass is 403 g/mol. The summed E-state index contributed by atoms with van der Waals surface area (Å²) >= 11 is 12.0. The molecule has 0 radical (unpaired) electrons. The minimum atomic E-state index is -0.453. The van der Waals surface area contributed by atoms with Crippen molar-refractivity contribution in [2.45, 2.75) is 6.54 Å². The molecule has 3 rings (SSSR count). The zero-order chi connectivity index (χ0) is 19.4. The largest absolute Gasteiger partial charge is 0.496 e. The van der Waals surface area contributed by atoms with Crippen LogP contribution in [-0.4, -0.2) is 22.8 Å². The minimum Gasteiger partial charge on any atom is -0.496 e. The summed E-state index contributed by atoms with van der Waals surface area (Å²) in [6.07, 6.45) is 0. The number of methoxy groups -OCH3 is 1. The van der Waals surface area contributed by atoms with Gasteiger partial charge < -0.3 is 10.1 Å². The lowest BCUT2D eigenvalue weighted by molar-refractivity contribution is -0.117. The molecule has 0 fully saturated rings. The van der Waals surface area contributed by atoms with Crippen molar-refractivity contribution in [1.82, 2.24) is 9.78 Å². The zero-order valence-corrected chi connectivity index (χ0v) is 15.8. The van der Waals surface area contributed by atoms with Crippen LogP contribution in [0.25, 0.3) is 11.3 Å². The first kappa shape index (κ1) is 18.9. The Bertz CT molecular complexity index is 1050. The maximum atomic E-state index is 12.3. The van der Waals surface area contributed by atoms with E-state index in [0.717, 1.165) is 4.68 Å². The summed E-state index contributed by atoms with van der Waals surface area (Å²) in [6.45, 7) is -0.273. The number of hydrogen-bond donors (Lipinski definition) is 1. The van der Waals surface area contributed by atoms with Crippen LogP contribution >= 0.6 is 23.2 Å². The van der Waals surface area contributed by atoms with Crippen LogP contribution in [0.1, 0.15) is 0 Å². The van der Waals surface area contributed by atoms with Crippen LogP contribution in [0.4, 0.5) is 5.69 Å². The molecule has 2 aromatic carbocycles. The third kappa shape index (κ3) is 4.30. The first-order chi connectivity index (χ1) is 13.0. The van der Waals surface area contributed by atoms with Gasteiger partial charge in [0.25, 0.3) is 5.56 Å². The van der Waals surface area contributed by atoms with Gasteiger partial charge in [0.15, 0.2) is 0 Å². The van der Waals surface area contributed by atoms with E-state index >= 15 is 0 Å². The maximum Gasteiger partial charge on any atom is 0.267 e. The number of hydrogen-bond acceptors (Lipinski definition) is 4. The standard InChI is InChI=1S/C19H15Cl2N3O3/c1-27-16-8-3-2-5-12(16)14-9-10-18(26)24(23-14)11-17(25)22-15-7-4-6-13(20)19(15)21/h2-10H,11H2,1H3,(H,22,25). The van der Waals surface area contributed by atoms with Crippen molar-refractivity contribution < 1.29 is 9.53 Å². The average molecular weight is 404 g/mol. The zero-order valence-electron chi connectivity index (χ0n) is 14.3. The number of carbonyl (C=O) groups excluding carboxylic acids is 1. The molecule has 0 unspecified atom stereocenters. The third-order valence-corrected chi connectivity index (χ3v) is 4.59. The molecule has 8 heteroatoms. The second-order valence-corrected chi connectivity index (χ2v) is 6.35. The molecule has 0 saturated carbocycles. The number of carbonyl (C=O) groups is 1. The number of aromatic nitrogens is 2. The number of amides is 1. The topological polar surface area (TPSA) is 73.2 Å². The van der Waals surface area contributed by atoms with Gasteiger partial charge >= 0.3 is 0 Å². The van der Waals surface area contributed by atoms with E-state index in [2.05, 4.69) is 10.4 Å². The van der Waals surface area contributed by atoms with Crippen LogP contribution in [0.5, 0.6) is 5.75 Å². The van der Waals surface area contributed by atoms with Crippen LogP contribution < -0.4 is 15.6 Å². The van der Waals surface area contributed by atoms with Gasteiger partial charge in [-0.25, -0.2) is 4.68 Å². The number of rotatable bonds is 5. The minimum absolute atomic E-state index is 0.232. The molecule has 0 aliphatic heterocycles. The summed E-state index contributed by atoms with van der Waals surface area (Å²) in [6, 6.07) is 15.1. The van der Waals surface area contributed by atoms with E-state index in [1.807, 2.05) is 18.2 Å². The molecule has 0 atom stereocenters. The quantitative estimate of drug-likeness (QED) is 0.701. The lowest BCUT2D eigenvalue weighted by Gasteiger charge is -2.11. The number of para-hydroxylation sites is 1. The fourth-order valence-electron chi connectivity index (χ4n) is 2.49. The lowest BCUT2D eigenvalue weighted by Crippen LogP contribution is -2.29. The molecule has 0 aliphatic carbocycles. The molecule has 0 aliphatic rings. The van der Waals surface area contributed by atoms with E-state index in [1.165, 1.54) is 6.07 Å². The first-order valence-electron chi connectivity index (χ1n) is 7.95. The highest BCUT2D eigenvalue weighted by atomic mass is 35.5. The first-order valence-corrected chi connectivity index (χ1v) is 8.70. The number of benzene rings is 2. The molecule has 0 spiro atoms. The van der Waals surface area contributed by atoms with E-state index in [1.54, 1.807) is 37.4 Å². The summed E-state index contributed by atoms with van der Waals surface area (Å²) < 4.78 is 6.40. The predicted octanol–water partition coefficient (Wildman–Crippen LogP) is 3.86. The van der Waals surface area contributed by atoms with E-state index in [4.69, 9.17) is 27.9 Å². The highest BCUT2D eigenvalue weighted by molar-refractivity contribution is 6.43. The van der Waals surface area contributed by atoms with Crippen molar-refractivity contribution in [2.75, 3.05) is 12.4 Å². The number of ether oxygens (including phenoxy) is 1. The average Bonchev–Trinajstić information content (AvgIpc) is 2.67. The Hall–Kier alpha value is -2.83. The number of halogens is 2. The number of nitrogens with zero attached hydrogens (tertiary/aromatic N) is 2. The smallest absolute Gasteiger partial charge is 0.267 e. The molecule has 1 heterocycles. The van der Waals surface area contributed by atoms with Crippen molar-refractivity contribution >= 4 is 34.8 Å². The van der Waals surface area contributed by atoms with E-state index in [9.17, 15) is 9.59 Å². The van der Waals surface area contributed by atoms with Crippen molar-refractivity contribution in [2.24, 2.45) is 0 Å². The molecule has 1 amide bonds. The maximum absolute atomic E-state index is 12.3. The second kappa shape index (κ2) is 8.24. The Balaban J connectivity index is 1.86. The van der Waals surface area contributed by atoms with E-state index in [-0.39, 0.29) is 11.6 Å². The van der Waals surface area contributed by atoms with Gasteiger partial charge in [0.1, 0.15) is 12.3 Å². The van der Waals surface area contributed by atoms with Gasteiger partial charge in [-0.2, -0.15) is 5.10 Å². The van der Waals surface area contributed by atoms with Crippen LogP contribution in [-0.2, 0) is 11.3 Å². The molecular formula is C19H15Cl2N3O3. The lowest BCUT2D eigenvalue weighted by atomic mass is 10.1. The van der Waals surface area contributed by atoms with E-state index < -0.39 is 11.5 Å². The molecule has 138 valence electrons. The summed E-state index contributed by atoms with van der Waals surface area (Å²) in [7, 11) is 1.55. The van der Waals surface area contributed by atoms with E-state index in [0.29, 0.717) is 27.7 Å². The summed E-state index contributed by atoms with van der Waals surface area (Å²) in [5.74, 6) is 0.163. The molecule has 0 saturated heterocycles. The van der Waals surface area contributed by atoms with Crippen molar-refractivity contribution in [3.63, 3.8) is 0 Å². The van der Waals surface area contributed by atoms with Gasteiger partial charge in [-0.3, -0.25) is 9.59 Å². The van der Waals surface area contributed by atoms with Gasteiger partial charge in [-0.15, -0.1) is 0 Å². The third-order valence-electron chi connectivity index (χ3n) is 3.77. The summed E-state index contributed by atoms with van der Waals surface area (Å²) in [5, 5.41) is 7.46. The van der Waals surface area contributed by atoms with Crippen LogP contribution in [0, 0.1) is 0 Å². The second-order valence-electron chi connectivity index (χ2n) is 5.56. The van der Waals surface area contributed by atoms with Crippen molar-refractivity contribution in [3.8, 4) is 17.0 Å². The molecule has 1 aromatic heterocycles. The van der Waals surface area contributed by atoms with Crippen LogP contribution in [0.15, 0.2) is 59.4 Å².